The van der Waals surface area contributed by atoms with Crippen molar-refractivity contribution < 1.29 is 16.1 Å². The topological polar surface area (TPSA) is 63.2 Å². The van der Waals surface area contributed by atoms with Crippen LogP contribution in [0.2, 0.25) is 0 Å². The van der Waals surface area contributed by atoms with Gasteiger partial charge in [-0.2, -0.15) is 0 Å². The summed E-state index contributed by atoms with van der Waals surface area (Å²) in [6.07, 6.45) is 0. The molecule has 0 atom stereocenters. The Morgan fingerprint density at radius 2 is 1.93 bits per heavy atom. The van der Waals surface area contributed by atoms with Gasteiger partial charge in [0.2, 0.25) is 0 Å². The summed E-state index contributed by atoms with van der Waals surface area (Å²) in [5.41, 5.74) is 1.08. The van der Waals surface area contributed by atoms with Crippen molar-refractivity contribution in [3.8, 4) is 0 Å². The largest absolute Gasteiger partial charge is 2.00 e. The third-order valence-corrected chi connectivity index (χ3v) is 5.11. The zero-order valence-corrected chi connectivity index (χ0v) is 11.6. The van der Waals surface area contributed by atoms with E-state index in [9.17, 15) is 13.2 Å². The maximum atomic E-state index is 11.3. The Morgan fingerprint density at radius 1 is 1.36 bits per heavy atom. The number of hydrogen-bond donors (Lipinski definition) is 1. The minimum absolute atomic E-state index is 0. The number of thiophene rings is 1. The first kappa shape index (κ1) is 12.4. The first-order chi connectivity index (χ1) is 5.93. The molecule has 0 radical (unpaired) electrons. The number of fused-ring (bicyclic) bond motifs is 1. The average molecular weight is 259 g/mol. The van der Waals surface area contributed by atoms with Gasteiger partial charge in [0.15, 0.2) is 4.21 Å². The molecule has 1 aliphatic rings. The second-order valence-corrected chi connectivity index (χ2v) is 5.98. The molecule has 2 rings (SSSR count). The second-order valence-electron chi connectivity index (χ2n) is 2.88. The Hall–Kier alpha value is 0.380. The second kappa shape index (κ2) is 3.75. The summed E-state index contributed by atoms with van der Waals surface area (Å²) in [6.45, 7) is 3.56. The maximum absolute atomic E-state index is 11.3. The van der Waals surface area contributed by atoms with Crippen LogP contribution in [0.5, 0.6) is 0 Å². The first-order valence-electron chi connectivity index (χ1n) is 3.60. The Balaban J connectivity index is 0. The van der Waals surface area contributed by atoms with Crippen molar-refractivity contribution in [2.75, 3.05) is 0 Å². The molecule has 2 heterocycles. The molecule has 0 fully saturated rings. The van der Waals surface area contributed by atoms with Crippen molar-refractivity contribution in [3.63, 3.8) is 0 Å². The van der Waals surface area contributed by atoms with Gasteiger partial charge in [-0.25, -0.2) is 13.1 Å². The summed E-state index contributed by atoms with van der Waals surface area (Å²) < 4.78 is 24.7. The molecular formula is C7H9CaNO3S2. The van der Waals surface area contributed by atoms with Gasteiger partial charge in [0.25, 0.3) is 15.9 Å². The van der Waals surface area contributed by atoms with Crippen LogP contribution in [0.25, 0.3) is 0 Å². The molecule has 14 heavy (non-hydrogen) atoms. The van der Waals surface area contributed by atoms with Crippen LogP contribution >= 0.6 is 11.3 Å². The third kappa shape index (κ3) is 1.63. The molecule has 7 heteroatoms. The van der Waals surface area contributed by atoms with Crippen molar-refractivity contribution >= 4 is 65.0 Å². The molecule has 1 N–H and O–H groups in total. The van der Waals surface area contributed by atoms with Gasteiger partial charge in [-0.1, -0.05) is 0 Å². The van der Waals surface area contributed by atoms with Gasteiger partial charge >= 0.3 is 37.7 Å². The van der Waals surface area contributed by atoms with Crippen LogP contribution in [0.3, 0.4) is 0 Å². The van der Waals surface area contributed by atoms with Crippen LogP contribution < -0.4 is 4.72 Å². The number of hydrogen-bond acceptors (Lipinski definition) is 4. The smallest absolute Gasteiger partial charge is 1.00 e. The fourth-order valence-electron chi connectivity index (χ4n) is 1.27. The number of amides is 1. The Morgan fingerprint density at radius 3 is 2.43 bits per heavy atom. The van der Waals surface area contributed by atoms with Crippen LogP contribution in [0.15, 0.2) is 4.21 Å². The SMILES string of the molecule is Cc1sc2c(c1C)C(=O)NS2(=O)=O.[Ca+2].[H-].[H-]. The van der Waals surface area contributed by atoms with Crippen LogP contribution in [-0.4, -0.2) is 52.1 Å². The summed E-state index contributed by atoms with van der Waals surface area (Å²) >= 11 is 1.14. The van der Waals surface area contributed by atoms with E-state index in [0.29, 0.717) is 5.56 Å². The molecule has 0 saturated heterocycles. The Kier molecular flexibility index (Phi) is 3.34. The molecule has 0 aliphatic carbocycles. The maximum Gasteiger partial charge on any atom is 2.00 e. The zero-order chi connectivity index (χ0) is 9.80. The molecule has 0 spiro atoms. The standard InChI is InChI=1S/C7H7NO3S2.Ca.2H/c1-3-4(2)12-7-5(3)6(9)8-13(7,10)11;;;/h1-2H3,(H,8,9);;;/q;+2;2*-1. The monoisotopic (exact) mass is 259 g/mol. The number of rotatable bonds is 0. The van der Waals surface area contributed by atoms with Crippen molar-refractivity contribution in [1.82, 2.24) is 4.72 Å². The normalized spacial score (nSPS) is 17.1. The molecule has 1 amide bonds. The van der Waals surface area contributed by atoms with Crippen molar-refractivity contribution in [1.29, 1.82) is 0 Å². The van der Waals surface area contributed by atoms with Crippen LogP contribution in [0, 0.1) is 13.8 Å². The number of carbonyl (C=O) groups is 1. The number of nitrogens with one attached hydrogen (secondary N) is 1. The molecule has 0 aromatic carbocycles. The third-order valence-electron chi connectivity index (χ3n) is 2.05. The number of sulfonamides is 1. The number of carbonyl (C=O) groups excluding carboxylic acids is 1. The number of aryl methyl sites for hydroxylation is 1. The van der Waals surface area contributed by atoms with Crippen molar-refractivity contribution in [3.05, 3.63) is 16.0 Å². The van der Waals surface area contributed by atoms with Gasteiger partial charge in [0.05, 0.1) is 5.56 Å². The zero-order valence-electron chi connectivity index (χ0n) is 9.75. The average Bonchev–Trinajstić information content (AvgIpc) is 2.38. The van der Waals surface area contributed by atoms with Gasteiger partial charge in [0, 0.05) is 4.88 Å². The molecule has 0 bridgehead atoms. The predicted octanol–water partition coefficient (Wildman–Crippen LogP) is 0.641. The molecule has 0 saturated carbocycles. The summed E-state index contributed by atoms with van der Waals surface area (Å²) in [5, 5.41) is 0. The summed E-state index contributed by atoms with van der Waals surface area (Å²) in [7, 11) is -3.54. The van der Waals surface area contributed by atoms with Crippen LogP contribution in [0.4, 0.5) is 0 Å². The fraction of sp³-hybridized carbons (Fsp3) is 0.286. The van der Waals surface area contributed by atoms with E-state index in [1.807, 2.05) is 4.72 Å². The minimum atomic E-state index is -3.54. The fourth-order valence-corrected chi connectivity index (χ4v) is 4.04. The molecule has 1 aliphatic heterocycles. The first-order valence-corrected chi connectivity index (χ1v) is 5.90. The van der Waals surface area contributed by atoms with Crippen LogP contribution in [-0.2, 0) is 10.0 Å². The Labute approximate surface area is 119 Å². The van der Waals surface area contributed by atoms with Gasteiger partial charge in [-0.3, -0.25) is 4.79 Å². The molecule has 74 valence electrons. The summed E-state index contributed by atoms with van der Waals surface area (Å²) in [6, 6.07) is 0. The Bertz CT molecular complexity index is 512. The molecule has 0 unspecified atom stereocenters. The van der Waals surface area contributed by atoms with E-state index >= 15 is 0 Å². The van der Waals surface area contributed by atoms with Gasteiger partial charge < -0.3 is 2.85 Å². The summed E-state index contributed by atoms with van der Waals surface area (Å²) in [4.78, 5) is 12.1. The van der Waals surface area contributed by atoms with Crippen molar-refractivity contribution in [2.45, 2.75) is 18.1 Å². The van der Waals surface area contributed by atoms with E-state index < -0.39 is 15.9 Å². The van der Waals surface area contributed by atoms with Gasteiger partial charge in [-0.05, 0) is 19.4 Å². The van der Waals surface area contributed by atoms with Gasteiger partial charge in [-0.15, -0.1) is 11.3 Å². The van der Waals surface area contributed by atoms with E-state index in [4.69, 9.17) is 0 Å². The van der Waals surface area contributed by atoms with Gasteiger partial charge in [0.1, 0.15) is 0 Å². The van der Waals surface area contributed by atoms with E-state index in [1.54, 1.807) is 13.8 Å². The van der Waals surface area contributed by atoms with E-state index in [-0.39, 0.29) is 44.8 Å². The molecular weight excluding hydrogens is 250 g/mol. The molecule has 1 aromatic heterocycles. The predicted molar refractivity (Wildman–Crippen MR) is 56.4 cm³/mol. The van der Waals surface area contributed by atoms with E-state index in [1.165, 1.54) is 0 Å². The molecule has 1 aromatic rings. The van der Waals surface area contributed by atoms with E-state index in [0.717, 1.165) is 21.8 Å². The van der Waals surface area contributed by atoms with Crippen LogP contribution in [0.1, 0.15) is 23.7 Å². The quantitative estimate of drug-likeness (QED) is 0.696. The van der Waals surface area contributed by atoms with E-state index in [2.05, 4.69) is 0 Å². The van der Waals surface area contributed by atoms with Crippen molar-refractivity contribution in [2.24, 2.45) is 0 Å². The minimum Gasteiger partial charge on any atom is -1.00 e. The molecule has 4 nitrogen and oxygen atoms in total. The summed E-state index contributed by atoms with van der Waals surface area (Å²) in [5.74, 6) is -0.503.